The second-order valence-corrected chi connectivity index (χ2v) is 4.86. The van der Waals surface area contributed by atoms with Crippen LogP contribution in [0, 0.1) is 3.57 Å². The summed E-state index contributed by atoms with van der Waals surface area (Å²) in [5.74, 6) is 0.671. The van der Waals surface area contributed by atoms with Gasteiger partial charge in [-0.3, -0.25) is 4.79 Å². The van der Waals surface area contributed by atoms with Gasteiger partial charge in [0.15, 0.2) is 0 Å². The Morgan fingerprint density at radius 2 is 2.44 bits per heavy atom. The smallest absolute Gasteiger partial charge is 0.266 e. The first kappa shape index (κ1) is 11.8. The summed E-state index contributed by atoms with van der Waals surface area (Å²) in [6.45, 7) is 2.76. The molecule has 1 aliphatic carbocycles. The number of H-pyrrole nitrogens is 1. The number of nitrogens with one attached hydrogen (secondary N) is 2. The molecule has 0 radical (unpaired) electrons. The molecule has 1 fully saturated rings. The molecular weight excluding hydrogens is 321 g/mol. The van der Waals surface area contributed by atoms with Crippen molar-refractivity contribution in [3.05, 3.63) is 20.3 Å². The third-order valence-corrected chi connectivity index (χ3v) is 3.64. The van der Waals surface area contributed by atoms with Gasteiger partial charge in [0.2, 0.25) is 0 Å². The quantitative estimate of drug-likeness (QED) is 0.816. The van der Waals surface area contributed by atoms with Gasteiger partial charge in [0.25, 0.3) is 5.56 Å². The van der Waals surface area contributed by atoms with E-state index in [1.807, 2.05) is 29.5 Å². The summed E-state index contributed by atoms with van der Waals surface area (Å²) in [4.78, 5) is 18.0. The van der Waals surface area contributed by atoms with E-state index < -0.39 is 0 Å². The zero-order chi connectivity index (χ0) is 11.5. The Kier molecular flexibility index (Phi) is 3.80. The van der Waals surface area contributed by atoms with E-state index in [1.165, 1.54) is 6.33 Å². The van der Waals surface area contributed by atoms with Crippen LogP contribution in [-0.4, -0.2) is 28.7 Å². The first-order valence-electron chi connectivity index (χ1n) is 5.32. The maximum atomic E-state index is 11.3. The fourth-order valence-corrected chi connectivity index (χ4v) is 2.18. The molecule has 0 bridgehead atoms. The van der Waals surface area contributed by atoms with Crippen LogP contribution in [0.2, 0.25) is 0 Å². The highest BCUT2D eigenvalue weighted by atomic mass is 127. The first-order chi connectivity index (χ1) is 7.70. The van der Waals surface area contributed by atoms with E-state index in [0.717, 1.165) is 19.4 Å². The zero-order valence-corrected chi connectivity index (χ0v) is 11.2. The minimum atomic E-state index is -0.0984. The molecule has 1 saturated carbocycles. The van der Waals surface area contributed by atoms with E-state index in [4.69, 9.17) is 4.74 Å². The van der Waals surface area contributed by atoms with E-state index in [-0.39, 0.29) is 5.56 Å². The molecule has 1 heterocycles. The number of aromatic nitrogens is 2. The minimum Gasteiger partial charge on any atom is -0.378 e. The van der Waals surface area contributed by atoms with Crippen LogP contribution >= 0.6 is 22.6 Å². The molecule has 1 aromatic rings. The van der Waals surface area contributed by atoms with Crippen molar-refractivity contribution in [1.82, 2.24) is 9.97 Å². The summed E-state index contributed by atoms with van der Waals surface area (Å²) >= 11 is 2.00. The Balaban J connectivity index is 1.92. The Morgan fingerprint density at radius 1 is 1.69 bits per heavy atom. The van der Waals surface area contributed by atoms with Crippen molar-refractivity contribution in [2.45, 2.75) is 31.9 Å². The molecule has 0 atom stereocenters. The van der Waals surface area contributed by atoms with Gasteiger partial charge in [-0.2, -0.15) is 0 Å². The maximum absolute atomic E-state index is 11.3. The molecule has 0 aliphatic heterocycles. The van der Waals surface area contributed by atoms with Crippen molar-refractivity contribution >= 4 is 28.4 Å². The molecule has 0 spiro atoms. The van der Waals surface area contributed by atoms with Crippen LogP contribution in [0.15, 0.2) is 11.1 Å². The predicted molar refractivity (Wildman–Crippen MR) is 69.6 cm³/mol. The number of halogens is 1. The van der Waals surface area contributed by atoms with Crippen LogP contribution in [0.4, 0.5) is 5.82 Å². The standard InChI is InChI=1S/C10H14IN3O2/c1-2-16-7-3-6(4-7)14-9-8(11)10(15)13-5-12-9/h5-7H,2-4H2,1H3,(H2,12,13,14,15). The van der Waals surface area contributed by atoms with Crippen molar-refractivity contribution in [2.24, 2.45) is 0 Å². The molecule has 1 aliphatic rings. The van der Waals surface area contributed by atoms with Gasteiger partial charge >= 0.3 is 0 Å². The first-order valence-corrected chi connectivity index (χ1v) is 6.40. The second kappa shape index (κ2) is 5.13. The topological polar surface area (TPSA) is 67.0 Å². The molecule has 5 nitrogen and oxygen atoms in total. The highest BCUT2D eigenvalue weighted by Gasteiger charge is 2.30. The van der Waals surface area contributed by atoms with Crippen molar-refractivity contribution in [3.8, 4) is 0 Å². The highest BCUT2D eigenvalue weighted by molar-refractivity contribution is 14.1. The molecule has 6 heteroatoms. The molecule has 1 aromatic heterocycles. The van der Waals surface area contributed by atoms with Crippen LogP contribution in [-0.2, 0) is 4.74 Å². The van der Waals surface area contributed by atoms with E-state index in [1.54, 1.807) is 0 Å². The third-order valence-electron chi connectivity index (χ3n) is 2.63. The van der Waals surface area contributed by atoms with E-state index in [2.05, 4.69) is 15.3 Å². The zero-order valence-electron chi connectivity index (χ0n) is 9.00. The fourth-order valence-electron chi connectivity index (χ4n) is 1.73. The lowest BCUT2D eigenvalue weighted by atomic mass is 9.89. The van der Waals surface area contributed by atoms with Crippen molar-refractivity contribution < 1.29 is 4.74 Å². The van der Waals surface area contributed by atoms with E-state index in [0.29, 0.717) is 21.5 Å². The molecule has 0 saturated heterocycles. The van der Waals surface area contributed by atoms with Crippen molar-refractivity contribution in [3.63, 3.8) is 0 Å². The second-order valence-electron chi connectivity index (χ2n) is 3.78. The number of rotatable bonds is 4. The molecule has 0 aromatic carbocycles. The predicted octanol–water partition coefficient (Wildman–Crippen LogP) is 1.35. The molecule has 2 rings (SSSR count). The monoisotopic (exact) mass is 335 g/mol. The Hall–Kier alpha value is -0.630. The molecular formula is C10H14IN3O2. The normalized spacial score (nSPS) is 23.9. The summed E-state index contributed by atoms with van der Waals surface area (Å²) in [7, 11) is 0. The molecule has 0 unspecified atom stereocenters. The van der Waals surface area contributed by atoms with Gasteiger partial charge in [-0.25, -0.2) is 4.98 Å². The minimum absolute atomic E-state index is 0.0984. The lowest BCUT2D eigenvalue weighted by Gasteiger charge is -2.35. The van der Waals surface area contributed by atoms with Crippen LogP contribution in [0.5, 0.6) is 0 Å². The molecule has 88 valence electrons. The summed E-state index contributed by atoms with van der Waals surface area (Å²) < 4.78 is 6.08. The van der Waals surface area contributed by atoms with Crippen LogP contribution in [0.3, 0.4) is 0 Å². The third kappa shape index (κ3) is 2.54. The lowest BCUT2D eigenvalue weighted by Crippen LogP contribution is -2.41. The van der Waals surface area contributed by atoms with Crippen LogP contribution in [0.1, 0.15) is 19.8 Å². The molecule has 16 heavy (non-hydrogen) atoms. The van der Waals surface area contributed by atoms with Gasteiger partial charge < -0.3 is 15.0 Å². The Morgan fingerprint density at radius 3 is 3.12 bits per heavy atom. The highest BCUT2D eigenvalue weighted by Crippen LogP contribution is 2.26. The van der Waals surface area contributed by atoms with Gasteiger partial charge in [0.05, 0.1) is 12.4 Å². The average Bonchev–Trinajstić information content (AvgIpc) is 2.21. The van der Waals surface area contributed by atoms with Crippen LogP contribution < -0.4 is 10.9 Å². The van der Waals surface area contributed by atoms with Crippen molar-refractivity contribution in [1.29, 1.82) is 0 Å². The molecule has 0 amide bonds. The Bertz CT molecular complexity index is 415. The summed E-state index contributed by atoms with van der Waals surface area (Å²) in [6.07, 6.45) is 3.75. The average molecular weight is 335 g/mol. The largest absolute Gasteiger partial charge is 0.378 e. The fraction of sp³-hybridized carbons (Fsp3) is 0.600. The van der Waals surface area contributed by atoms with E-state index in [9.17, 15) is 4.79 Å². The summed E-state index contributed by atoms with van der Waals surface area (Å²) in [6, 6.07) is 0.374. The van der Waals surface area contributed by atoms with Gasteiger partial charge in [0, 0.05) is 12.6 Å². The molecule has 2 N–H and O–H groups in total. The number of hydrogen-bond donors (Lipinski definition) is 2. The number of nitrogens with zero attached hydrogens (tertiary/aromatic N) is 1. The van der Waals surface area contributed by atoms with Crippen molar-refractivity contribution in [2.75, 3.05) is 11.9 Å². The SMILES string of the molecule is CCOC1CC(Nc2nc[nH]c(=O)c2I)C1. The Labute approximate surface area is 107 Å². The van der Waals surface area contributed by atoms with Crippen LogP contribution in [0.25, 0.3) is 0 Å². The number of ether oxygens (including phenoxy) is 1. The van der Waals surface area contributed by atoms with Gasteiger partial charge in [0.1, 0.15) is 9.39 Å². The number of aromatic amines is 1. The number of anilines is 1. The van der Waals surface area contributed by atoms with E-state index >= 15 is 0 Å². The van der Waals surface area contributed by atoms with Gasteiger partial charge in [-0.05, 0) is 42.4 Å². The van der Waals surface area contributed by atoms with Gasteiger partial charge in [-0.1, -0.05) is 0 Å². The lowest BCUT2D eigenvalue weighted by molar-refractivity contribution is 0.00291. The summed E-state index contributed by atoms with van der Waals surface area (Å²) in [5.41, 5.74) is -0.0984. The summed E-state index contributed by atoms with van der Waals surface area (Å²) in [5, 5.41) is 3.26. The number of hydrogen-bond acceptors (Lipinski definition) is 4. The van der Waals surface area contributed by atoms with Gasteiger partial charge in [-0.15, -0.1) is 0 Å². The maximum Gasteiger partial charge on any atom is 0.266 e.